The number of carbonyl (C=O) groups is 4. The van der Waals surface area contributed by atoms with Crippen molar-refractivity contribution in [2.75, 3.05) is 19.8 Å². The molecule has 1 aromatic carbocycles. The fraction of sp³-hybridized carbons (Fsp3) is 0.500. The van der Waals surface area contributed by atoms with Gasteiger partial charge in [0.15, 0.2) is 11.7 Å². The van der Waals surface area contributed by atoms with Crippen LogP contribution in [0.5, 0.6) is 0 Å². The van der Waals surface area contributed by atoms with E-state index in [-0.39, 0.29) is 24.8 Å². The van der Waals surface area contributed by atoms with E-state index in [1.165, 1.54) is 0 Å². The molecule has 0 bridgehead atoms. The van der Waals surface area contributed by atoms with Gasteiger partial charge in [0.05, 0.1) is 12.6 Å². The molecule has 0 radical (unpaired) electrons. The van der Waals surface area contributed by atoms with E-state index in [0.29, 0.717) is 12.0 Å². The lowest BCUT2D eigenvalue weighted by molar-refractivity contribution is -0.133. The molecule has 1 rings (SSSR count). The number of nitrogens with one attached hydrogen (secondary N) is 5. The third kappa shape index (κ3) is 10.4. The van der Waals surface area contributed by atoms with Crippen LogP contribution in [0, 0.1) is 11.3 Å². The summed E-state index contributed by atoms with van der Waals surface area (Å²) in [6.07, 6.45) is 0.350. The number of ketones is 1. The number of Topliss-reactive ketones (excluding diaryl/α,β-unsaturated/α-hetero) is 1. The van der Waals surface area contributed by atoms with Crippen molar-refractivity contribution in [2.45, 2.75) is 44.8 Å². The van der Waals surface area contributed by atoms with Gasteiger partial charge in [0.1, 0.15) is 18.8 Å². The second-order valence-corrected chi connectivity index (χ2v) is 9.01. The molecule has 0 aliphatic heterocycles. The van der Waals surface area contributed by atoms with E-state index in [0.717, 1.165) is 4.47 Å². The number of hydrogen-bond acceptors (Lipinski definition) is 6. The molecule has 0 aromatic heterocycles. The number of alkyl halides is 1. The first-order valence-corrected chi connectivity index (χ1v) is 11.7. The highest BCUT2D eigenvalue weighted by atomic mass is 79.9. The van der Waals surface area contributed by atoms with Gasteiger partial charge in [0, 0.05) is 16.6 Å². The number of nitrogens with two attached hydrogens (primary N) is 1. The van der Waals surface area contributed by atoms with E-state index in [4.69, 9.17) is 11.1 Å². The molecule has 0 aliphatic rings. The van der Waals surface area contributed by atoms with Crippen LogP contribution in [-0.2, 0) is 14.4 Å². The zero-order valence-corrected chi connectivity index (χ0v) is 21.2. The maximum Gasteiger partial charge on any atom is 0.251 e. The molecule has 1 aromatic rings. The van der Waals surface area contributed by atoms with Crippen LogP contribution in [0.2, 0.25) is 0 Å². The number of aliphatic hydroxyl groups excluding tert-OH is 1. The fourth-order valence-electron chi connectivity index (χ4n) is 3.02. The van der Waals surface area contributed by atoms with Crippen molar-refractivity contribution >= 4 is 45.4 Å². The number of rotatable bonds is 14. The monoisotopic (exact) mass is 558 g/mol. The number of amides is 3. The Morgan fingerprint density at radius 2 is 1.66 bits per heavy atom. The summed E-state index contributed by atoms with van der Waals surface area (Å²) in [5.41, 5.74) is 5.50. The van der Waals surface area contributed by atoms with Crippen LogP contribution >= 0.6 is 15.9 Å². The summed E-state index contributed by atoms with van der Waals surface area (Å²) in [5, 5.41) is 26.6. The van der Waals surface area contributed by atoms with Gasteiger partial charge in [-0.25, -0.2) is 4.39 Å². The first-order valence-electron chi connectivity index (χ1n) is 10.9. The molecule has 13 heteroatoms. The summed E-state index contributed by atoms with van der Waals surface area (Å²) in [5.74, 6) is -3.58. The average molecular weight is 559 g/mol. The number of halogens is 2. The maximum absolute atomic E-state index is 13.0. The lowest BCUT2D eigenvalue weighted by Crippen LogP contribution is -2.58. The van der Waals surface area contributed by atoms with Gasteiger partial charge in [-0.05, 0) is 43.0 Å². The third-order valence-corrected chi connectivity index (χ3v) is 5.51. The molecule has 3 unspecified atom stereocenters. The van der Waals surface area contributed by atoms with Gasteiger partial charge in [-0.1, -0.05) is 29.8 Å². The van der Waals surface area contributed by atoms with E-state index in [9.17, 15) is 28.7 Å². The quantitative estimate of drug-likeness (QED) is 0.0947. The summed E-state index contributed by atoms with van der Waals surface area (Å²) in [7, 11) is 0. The van der Waals surface area contributed by atoms with Crippen LogP contribution < -0.4 is 27.0 Å². The highest BCUT2D eigenvalue weighted by Crippen LogP contribution is 2.12. The van der Waals surface area contributed by atoms with Crippen molar-refractivity contribution in [1.82, 2.24) is 21.3 Å². The largest absolute Gasteiger partial charge is 0.394 e. The topological polar surface area (TPSA) is 186 Å². The number of benzene rings is 1. The van der Waals surface area contributed by atoms with Crippen LogP contribution in [0.15, 0.2) is 28.7 Å². The Morgan fingerprint density at radius 1 is 1.06 bits per heavy atom. The first kappa shape index (κ1) is 30.0. The van der Waals surface area contributed by atoms with E-state index in [1.807, 2.05) is 0 Å². The second-order valence-electron chi connectivity index (χ2n) is 8.09. The van der Waals surface area contributed by atoms with Crippen molar-refractivity contribution < 1.29 is 28.7 Å². The molecular formula is C22H32BrFN6O5. The number of hydrogen-bond donors (Lipinski definition) is 7. The molecule has 8 N–H and O–H groups in total. The minimum atomic E-state index is -1.43. The van der Waals surface area contributed by atoms with Gasteiger partial charge in [0.25, 0.3) is 5.91 Å². The van der Waals surface area contributed by atoms with Gasteiger partial charge in [-0.3, -0.25) is 24.6 Å². The molecule has 35 heavy (non-hydrogen) atoms. The number of carbonyl (C=O) groups excluding carboxylic acids is 4. The van der Waals surface area contributed by atoms with E-state index >= 15 is 0 Å². The Labute approximate surface area is 211 Å². The zero-order chi connectivity index (χ0) is 26.5. The molecule has 194 valence electrons. The first-order chi connectivity index (χ1) is 16.5. The zero-order valence-electron chi connectivity index (χ0n) is 19.6. The normalized spacial score (nSPS) is 13.3. The third-order valence-electron chi connectivity index (χ3n) is 4.98. The van der Waals surface area contributed by atoms with Crippen molar-refractivity contribution in [3.8, 4) is 0 Å². The van der Waals surface area contributed by atoms with Gasteiger partial charge >= 0.3 is 0 Å². The van der Waals surface area contributed by atoms with E-state index < -0.39 is 54.9 Å². The van der Waals surface area contributed by atoms with E-state index in [2.05, 4.69) is 37.2 Å². The van der Waals surface area contributed by atoms with E-state index in [1.54, 1.807) is 38.1 Å². The van der Waals surface area contributed by atoms with Crippen LogP contribution in [0.25, 0.3) is 0 Å². The van der Waals surface area contributed by atoms with Crippen molar-refractivity contribution in [3.05, 3.63) is 34.3 Å². The number of guanidine groups is 1. The lowest BCUT2D eigenvalue weighted by Gasteiger charge is -2.25. The molecule has 3 atom stereocenters. The minimum absolute atomic E-state index is 0.0543. The Morgan fingerprint density at radius 3 is 2.17 bits per heavy atom. The highest BCUT2D eigenvalue weighted by Gasteiger charge is 2.30. The van der Waals surface area contributed by atoms with Gasteiger partial charge in [-0.15, -0.1) is 0 Å². The average Bonchev–Trinajstić information content (AvgIpc) is 2.81. The van der Waals surface area contributed by atoms with Crippen LogP contribution in [0.3, 0.4) is 0 Å². The Bertz CT molecular complexity index is 899. The molecule has 0 aliphatic carbocycles. The van der Waals surface area contributed by atoms with Crippen molar-refractivity contribution in [3.63, 3.8) is 0 Å². The van der Waals surface area contributed by atoms with Gasteiger partial charge in [-0.2, -0.15) is 0 Å². The molecule has 0 spiro atoms. The smallest absolute Gasteiger partial charge is 0.251 e. The van der Waals surface area contributed by atoms with Gasteiger partial charge < -0.3 is 32.1 Å². The molecule has 3 amide bonds. The van der Waals surface area contributed by atoms with Crippen LogP contribution in [-0.4, -0.2) is 72.5 Å². The molecule has 0 fully saturated rings. The molecule has 0 saturated carbocycles. The maximum atomic E-state index is 13.0. The molecule has 0 saturated heterocycles. The molecule has 11 nitrogen and oxygen atoms in total. The van der Waals surface area contributed by atoms with Crippen molar-refractivity contribution in [2.24, 2.45) is 11.7 Å². The minimum Gasteiger partial charge on any atom is -0.394 e. The van der Waals surface area contributed by atoms with Gasteiger partial charge in [0.2, 0.25) is 11.8 Å². The summed E-state index contributed by atoms with van der Waals surface area (Å²) in [6, 6.07) is 2.87. The summed E-state index contributed by atoms with van der Waals surface area (Å²) in [4.78, 5) is 49.9. The van der Waals surface area contributed by atoms with Crippen molar-refractivity contribution in [1.29, 1.82) is 5.41 Å². The molecular weight excluding hydrogens is 527 g/mol. The summed E-state index contributed by atoms with van der Waals surface area (Å²) >= 11 is 3.28. The predicted molar refractivity (Wildman–Crippen MR) is 131 cm³/mol. The van der Waals surface area contributed by atoms with Crippen LogP contribution in [0.4, 0.5) is 4.39 Å². The SMILES string of the molecule is CC(C)C(NC(=O)c1ccc(Br)cc1)C(=O)NC(CO)C(=O)NC(CCCNC(=N)N)C(=O)CF. The molecule has 0 heterocycles. The highest BCUT2D eigenvalue weighted by molar-refractivity contribution is 9.10. The summed E-state index contributed by atoms with van der Waals surface area (Å²) in [6.45, 7) is 1.54. The Hall–Kier alpha value is -3.06. The summed E-state index contributed by atoms with van der Waals surface area (Å²) < 4.78 is 13.7. The lowest BCUT2D eigenvalue weighted by atomic mass is 10.0. The fourth-order valence-corrected chi connectivity index (χ4v) is 3.29. The predicted octanol–water partition coefficient (Wildman–Crippen LogP) is -0.0327. The standard InChI is InChI=1S/C22H32BrFN6O5/c1-12(2)18(30-19(33)13-5-7-14(23)8-6-13)21(35)29-16(11-31)20(34)28-15(17(32)10-24)4-3-9-27-22(25)26/h5-8,12,15-16,18,31H,3-4,9-11H2,1-2H3,(H,28,34)(H,29,35)(H,30,33)(H4,25,26,27). The number of aliphatic hydroxyl groups is 1. The van der Waals surface area contributed by atoms with Crippen LogP contribution in [0.1, 0.15) is 37.0 Å². The Balaban J connectivity index is 2.82. The second kappa shape index (κ2) is 15.0. The Kier molecular flexibility index (Phi) is 12.9.